The van der Waals surface area contributed by atoms with E-state index < -0.39 is 5.97 Å². The molecular weight excluding hydrogens is 182 g/mol. The van der Waals surface area contributed by atoms with Gasteiger partial charge in [-0.3, -0.25) is 4.79 Å². The zero-order chi connectivity index (χ0) is 10.1. The highest BCUT2D eigenvalue weighted by Crippen LogP contribution is 2.25. The number of Topliss-reactive ketones (excluding diaryl/α,β-unsaturated/α-hetero) is 1. The Balaban J connectivity index is 2.56. The number of hydrogen-bond acceptors (Lipinski definition) is 3. The highest BCUT2D eigenvalue weighted by Gasteiger charge is 2.23. The van der Waals surface area contributed by atoms with E-state index in [1.165, 1.54) is 0 Å². The minimum Gasteiger partial charge on any atom is -0.477 e. The summed E-state index contributed by atoms with van der Waals surface area (Å²) in [6.07, 6.45) is -0.119. The topological polar surface area (TPSA) is 66.7 Å². The molecule has 0 atom stereocenters. The maximum absolute atomic E-state index is 11.5. The third-order valence-electron chi connectivity index (χ3n) is 2.03. The molecule has 1 aliphatic heterocycles. The third-order valence-corrected chi connectivity index (χ3v) is 2.03. The molecule has 1 heterocycles. The lowest BCUT2D eigenvalue weighted by Crippen LogP contribution is -2.20. The Hall–Kier alpha value is -1.97. The lowest BCUT2D eigenvalue weighted by atomic mass is 10.0. The maximum Gasteiger partial charge on any atom is 0.350 e. The number of nitrogens with zero attached hydrogens (tertiary/aromatic N) is 1. The smallest absolute Gasteiger partial charge is 0.350 e. The van der Waals surface area contributed by atoms with E-state index >= 15 is 0 Å². The Morgan fingerprint density at radius 3 is 2.79 bits per heavy atom. The number of carbonyl (C=O) groups excluding carboxylic acids is 1. The SMILES string of the molecule is O=C(O)C1=Nc2ccccc2C(=O)C1. The van der Waals surface area contributed by atoms with Crippen molar-refractivity contribution < 1.29 is 14.7 Å². The van der Waals surface area contributed by atoms with Crippen LogP contribution in [0.25, 0.3) is 0 Å². The van der Waals surface area contributed by atoms with E-state index in [4.69, 9.17) is 5.11 Å². The van der Waals surface area contributed by atoms with Crippen LogP contribution in [0.2, 0.25) is 0 Å². The van der Waals surface area contributed by atoms with Crippen molar-refractivity contribution in [3.63, 3.8) is 0 Å². The van der Waals surface area contributed by atoms with E-state index in [2.05, 4.69) is 4.99 Å². The third kappa shape index (κ3) is 1.31. The monoisotopic (exact) mass is 189 g/mol. The maximum atomic E-state index is 11.5. The van der Waals surface area contributed by atoms with Gasteiger partial charge in [-0.2, -0.15) is 0 Å². The zero-order valence-electron chi connectivity index (χ0n) is 7.23. The molecule has 14 heavy (non-hydrogen) atoms. The molecule has 0 unspecified atom stereocenters. The van der Waals surface area contributed by atoms with Crippen LogP contribution in [0.5, 0.6) is 0 Å². The molecule has 0 saturated carbocycles. The van der Waals surface area contributed by atoms with Crippen molar-refractivity contribution in [2.45, 2.75) is 6.42 Å². The first kappa shape index (κ1) is 8.62. The molecule has 0 fully saturated rings. The fourth-order valence-electron chi connectivity index (χ4n) is 1.36. The van der Waals surface area contributed by atoms with Crippen molar-refractivity contribution in [3.05, 3.63) is 29.8 Å². The second kappa shape index (κ2) is 3.06. The van der Waals surface area contributed by atoms with Gasteiger partial charge >= 0.3 is 5.97 Å². The molecule has 2 rings (SSSR count). The summed E-state index contributed by atoms with van der Waals surface area (Å²) in [5.74, 6) is -1.32. The number of para-hydroxylation sites is 1. The first-order valence-electron chi connectivity index (χ1n) is 4.11. The lowest BCUT2D eigenvalue weighted by Gasteiger charge is -2.10. The second-order valence-corrected chi connectivity index (χ2v) is 2.98. The number of hydrogen-bond donors (Lipinski definition) is 1. The van der Waals surface area contributed by atoms with Crippen LogP contribution in [0.4, 0.5) is 5.69 Å². The van der Waals surface area contributed by atoms with Gasteiger partial charge in [-0.05, 0) is 12.1 Å². The van der Waals surface area contributed by atoms with Gasteiger partial charge in [0.1, 0.15) is 5.71 Å². The summed E-state index contributed by atoms with van der Waals surface area (Å²) in [6.45, 7) is 0. The van der Waals surface area contributed by atoms with Gasteiger partial charge in [0.05, 0.1) is 12.1 Å². The summed E-state index contributed by atoms with van der Waals surface area (Å²) in [7, 11) is 0. The molecule has 0 aromatic heterocycles. The average Bonchev–Trinajstić information content (AvgIpc) is 2.17. The van der Waals surface area contributed by atoms with Crippen molar-refractivity contribution >= 4 is 23.2 Å². The fourth-order valence-corrected chi connectivity index (χ4v) is 1.36. The molecule has 0 bridgehead atoms. The zero-order valence-corrected chi connectivity index (χ0v) is 7.23. The van der Waals surface area contributed by atoms with Crippen LogP contribution < -0.4 is 0 Å². The van der Waals surface area contributed by atoms with E-state index in [0.717, 1.165) is 0 Å². The van der Waals surface area contributed by atoms with Crippen LogP contribution in [-0.4, -0.2) is 22.6 Å². The molecule has 4 nitrogen and oxygen atoms in total. The number of carboxylic acid groups (broad SMARTS) is 1. The molecule has 0 radical (unpaired) electrons. The standard InChI is InChI=1S/C10H7NO3/c12-9-5-8(10(13)14)11-7-4-2-1-3-6(7)9/h1-4H,5H2,(H,13,14). The minimum atomic E-state index is -1.13. The highest BCUT2D eigenvalue weighted by molar-refractivity contribution is 6.42. The van der Waals surface area contributed by atoms with E-state index in [1.807, 2.05) is 0 Å². The van der Waals surface area contributed by atoms with E-state index in [-0.39, 0.29) is 17.9 Å². The summed E-state index contributed by atoms with van der Waals surface area (Å²) in [5, 5.41) is 8.70. The highest BCUT2D eigenvalue weighted by atomic mass is 16.4. The number of benzene rings is 1. The Kier molecular flexibility index (Phi) is 1.89. The molecule has 0 amide bonds. The molecule has 1 aliphatic rings. The lowest BCUT2D eigenvalue weighted by molar-refractivity contribution is -0.129. The van der Waals surface area contributed by atoms with Crippen molar-refractivity contribution in [2.75, 3.05) is 0 Å². The van der Waals surface area contributed by atoms with Gasteiger partial charge in [-0.25, -0.2) is 9.79 Å². The number of carbonyl (C=O) groups is 2. The Morgan fingerprint density at radius 2 is 2.07 bits per heavy atom. The summed E-state index contributed by atoms with van der Waals surface area (Å²) in [6, 6.07) is 6.74. The number of fused-ring (bicyclic) bond motifs is 1. The van der Waals surface area contributed by atoms with Gasteiger partial charge in [0.15, 0.2) is 5.78 Å². The van der Waals surface area contributed by atoms with Crippen LogP contribution >= 0.6 is 0 Å². The van der Waals surface area contributed by atoms with Crippen LogP contribution in [0.15, 0.2) is 29.3 Å². The van der Waals surface area contributed by atoms with Crippen LogP contribution in [0, 0.1) is 0 Å². The molecule has 0 spiro atoms. The van der Waals surface area contributed by atoms with E-state index in [9.17, 15) is 9.59 Å². The molecular formula is C10H7NO3. The van der Waals surface area contributed by atoms with Crippen LogP contribution in [-0.2, 0) is 4.79 Å². The second-order valence-electron chi connectivity index (χ2n) is 2.98. The van der Waals surface area contributed by atoms with Crippen molar-refractivity contribution in [1.29, 1.82) is 0 Å². The van der Waals surface area contributed by atoms with Crippen molar-refractivity contribution in [2.24, 2.45) is 4.99 Å². The predicted octanol–water partition coefficient (Wildman–Crippen LogP) is 1.43. The minimum absolute atomic E-state index is 0.0892. The fraction of sp³-hybridized carbons (Fsp3) is 0.100. The number of ketones is 1. The average molecular weight is 189 g/mol. The summed E-state index contributed by atoms with van der Waals surface area (Å²) < 4.78 is 0. The van der Waals surface area contributed by atoms with Crippen LogP contribution in [0.3, 0.4) is 0 Å². The molecule has 70 valence electrons. The van der Waals surface area contributed by atoms with Gasteiger partial charge < -0.3 is 5.11 Å². The van der Waals surface area contributed by atoms with Gasteiger partial charge in [-0.15, -0.1) is 0 Å². The molecule has 4 heteroatoms. The van der Waals surface area contributed by atoms with Crippen molar-refractivity contribution in [1.82, 2.24) is 0 Å². The largest absolute Gasteiger partial charge is 0.477 e. The number of aliphatic carboxylic acids is 1. The summed E-state index contributed by atoms with van der Waals surface area (Å²) in [4.78, 5) is 26.0. The van der Waals surface area contributed by atoms with E-state index in [1.54, 1.807) is 24.3 Å². The van der Waals surface area contributed by atoms with E-state index in [0.29, 0.717) is 11.3 Å². The Bertz CT molecular complexity index is 448. The Labute approximate surface area is 79.9 Å². The summed E-state index contributed by atoms with van der Waals surface area (Å²) >= 11 is 0. The Morgan fingerprint density at radius 1 is 1.36 bits per heavy atom. The first-order valence-corrected chi connectivity index (χ1v) is 4.11. The molecule has 1 aromatic rings. The van der Waals surface area contributed by atoms with Gasteiger partial charge in [-0.1, -0.05) is 12.1 Å². The predicted molar refractivity (Wildman–Crippen MR) is 50.1 cm³/mol. The van der Waals surface area contributed by atoms with Gasteiger partial charge in [0.25, 0.3) is 0 Å². The number of rotatable bonds is 1. The molecule has 0 saturated heterocycles. The van der Waals surface area contributed by atoms with Crippen molar-refractivity contribution in [3.8, 4) is 0 Å². The number of carboxylic acids is 1. The number of aliphatic imine (C=N–C) groups is 1. The quantitative estimate of drug-likeness (QED) is 0.726. The normalized spacial score (nSPS) is 14.6. The molecule has 1 aromatic carbocycles. The molecule has 0 aliphatic carbocycles. The summed E-state index contributed by atoms with van der Waals surface area (Å²) in [5.41, 5.74) is 0.854. The first-order chi connectivity index (χ1) is 6.68. The van der Waals surface area contributed by atoms with Gasteiger partial charge in [0, 0.05) is 5.56 Å². The molecule has 1 N–H and O–H groups in total. The van der Waals surface area contributed by atoms with Crippen LogP contribution in [0.1, 0.15) is 16.8 Å². The van der Waals surface area contributed by atoms with Gasteiger partial charge in [0.2, 0.25) is 0 Å².